The lowest BCUT2D eigenvalue weighted by Gasteiger charge is -2.07. The van der Waals surface area contributed by atoms with Gasteiger partial charge in [0.2, 0.25) is 0 Å². The Balaban J connectivity index is 2.08. The summed E-state index contributed by atoms with van der Waals surface area (Å²) in [6, 6.07) is 11.1. The molecule has 0 aliphatic rings. The number of carboxylic acids is 1. The molecular formula is C16H9FN4O2. The number of carboxylic acid groups (broad SMARTS) is 1. The molecule has 0 fully saturated rings. The van der Waals surface area contributed by atoms with E-state index in [0.717, 1.165) is 0 Å². The largest absolute Gasteiger partial charge is 0.478 e. The van der Waals surface area contributed by atoms with Crippen molar-refractivity contribution in [3.63, 3.8) is 0 Å². The van der Waals surface area contributed by atoms with Crippen LogP contribution in [0.1, 0.15) is 16.1 Å². The second-order valence-corrected chi connectivity index (χ2v) is 4.64. The van der Waals surface area contributed by atoms with E-state index in [1.54, 1.807) is 30.3 Å². The molecule has 0 unspecified atom stereocenters. The molecule has 0 aliphatic heterocycles. The summed E-state index contributed by atoms with van der Waals surface area (Å²) >= 11 is 0. The van der Waals surface area contributed by atoms with Gasteiger partial charge in [-0.05, 0) is 18.2 Å². The topological polar surface area (TPSA) is 91.8 Å². The van der Waals surface area contributed by atoms with Crippen molar-refractivity contribution in [2.75, 3.05) is 0 Å². The second kappa shape index (κ2) is 5.69. The molecule has 23 heavy (non-hydrogen) atoms. The van der Waals surface area contributed by atoms with Crippen molar-refractivity contribution in [2.45, 2.75) is 0 Å². The predicted octanol–water partition coefficient (Wildman–Crippen LogP) is 2.64. The Bertz CT molecular complexity index is 943. The van der Waals surface area contributed by atoms with Gasteiger partial charge in [0.25, 0.3) is 0 Å². The van der Waals surface area contributed by atoms with E-state index >= 15 is 0 Å². The minimum absolute atomic E-state index is 0.00323. The molecule has 0 spiro atoms. The Morgan fingerprint density at radius 2 is 2.00 bits per heavy atom. The summed E-state index contributed by atoms with van der Waals surface area (Å²) in [4.78, 5) is 15.0. The highest BCUT2D eigenvalue weighted by Crippen LogP contribution is 2.25. The fourth-order valence-electron chi connectivity index (χ4n) is 2.12. The molecule has 6 nitrogen and oxygen atoms in total. The van der Waals surface area contributed by atoms with Crippen LogP contribution < -0.4 is 0 Å². The van der Waals surface area contributed by atoms with Gasteiger partial charge in [0.1, 0.15) is 11.9 Å². The van der Waals surface area contributed by atoms with Crippen molar-refractivity contribution in [3.05, 3.63) is 65.9 Å². The molecule has 1 N–H and O–H groups in total. The molecule has 3 aromatic rings. The first kappa shape index (κ1) is 14.4. The Morgan fingerprint density at radius 3 is 2.65 bits per heavy atom. The number of rotatable bonds is 3. The molecule has 0 amide bonds. The number of nitriles is 1. The Morgan fingerprint density at radius 1 is 1.22 bits per heavy atom. The maximum Gasteiger partial charge on any atom is 0.338 e. The van der Waals surface area contributed by atoms with Crippen LogP contribution in [-0.4, -0.2) is 25.8 Å². The summed E-state index contributed by atoms with van der Waals surface area (Å²) in [6.45, 7) is 0. The van der Waals surface area contributed by atoms with Crippen LogP contribution in [0.2, 0.25) is 0 Å². The van der Waals surface area contributed by atoms with Crippen LogP contribution in [0.5, 0.6) is 0 Å². The molecule has 0 aliphatic carbocycles. The number of pyridine rings is 1. The first-order chi connectivity index (χ1) is 11.1. The zero-order chi connectivity index (χ0) is 16.4. The summed E-state index contributed by atoms with van der Waals surface area (Å²) < 4.78 is 15.1. The fourth-order valence-corrected chi connectivity index (χ4v) is 2.12. The van der Waals surface area contributed by atoms with Gasteiger partial charge in [0.15, 0.2) is 11.5 Å². The van der Waals surface area contributed by atoms with Gasteiger partial charge in [-0.15, -0.1) is 0 Å². The van der Waals surface area contributed by atoms with Crippen LogP contribution in [0.25, 0.3) is 16.9 Å². The molecule has 112 valence electrons. The molecule has 7 heteroatoms. The first-order valence-corrected chi connectivity index (χ1v) is 6.54. The highest BCUT2D eigenvalue weighted by atomic mass is 19.1. The average molecular weight is 308 g/mol. The number of nitrogens with zero attached hydrogens (tertiary/aromatic N) is 4. The first-order valence-electron chi connectivity index (χ1n) is 6.54. The third-order valence-corrected chi connectivity index (χ3v) is 3.21. The van der Waals surface area contributed by atoms with Gasteiger partial charge < -0.3 is 5.11 Å². The van der Waals surface area contributed by atoms with Crippen molar-refractivity contribution >= 4 is 5.97 Å². The van der Waals surface area contributed by atoms with Crippen LogP contribution in [0.15, 0.2) is 48.8 Å². The molecule has 0 bridgehead atoms. The van der Waals surface area contributed by atoms with Gasteiger partial charge >= 0.3 is 5.97 Å². The minimum atomic E-state index is -1.11. The van der Waals surface area contributed by atoms with Gasteiger partial charge in [-0.3, -0.25) is 0 Å². The lowest BCUT2D eigenvalue weighted by Crippen LogP contribution is -2.01. The molecule has 2 aromatic heterocycles. The molecule has 3 rings (SSSR count). The Kier molecular flexibility index (Phi) is 3.57. The predicted molar refractivity (Wildman–Crippen MR) is 78.4 cm³/mol. The SMILES string of the molecule is N#Cc1nc(-n2cc(C(=O)O)cn2)ccc1-c1ccccc1F. The summed E-state index contributed by atoms with van der Waals surface area (Å²) in [5.41, 5.74) is 0.665. The lowest BCUT2D eigenvalue weighted by molar-refractivity contribution is 0.0697. The number of halogens is 1. The zero-order valence-corrected chi connectivity index (χ0v) is 11.6. The monoisotopic (exact) mass is 308 g/mol. The number of benzene rings is 1. The molecule has 0 radical (unpaired) electrons. The number of aromatic carboxylic acids is 1. The Hall–Kier alpha value is -3.53. The lowest BCUT2D eigenvalue weighted by atomic mass is 10.0. The Labute approximate surface area is 130 Å². The zero-order valence-electron chi connectivity index (χ0n) is 11.6. The van der Waals surface area contributed by atoms with Crippen LogP contribution in [0, 0.1) is 17.1 Å². The van der Waals surface area contributed by atoms with Crippen molar-refractivity contribution in [1.82, 2.24) is 14.8 Å². The van der Waals surface area contributed by atoms with Crippen LogP contribution in [-0.2, 0) is 0 Å². The molecule has 0 saturated heterocycles. The van der Waals surface area contributed by atoms with E-state index in [0.29, 0.717) is 5.56 Å². The number of hydrogen-bond donors (Lipinski definition) is 1. The van der Waals surface area contributed by atoms with Crippen LogP contribution in [0.3, 0.4) is 0 Å². The normalized spacial score (nSPS) is 10.3. The summed E-state index contributed by atoms with van der Waals surface area (Å²) in [5.74, 6) is -1.29. The molecule has 1 aromatic carbocycles. The number of carbonyl (C=O) groups is 1. The van der Waals surface area contributed by atoms with Crippen molar-refractivity contribution in [3.8, 4) is 23.0 Å². The number of hydrogen-bond acceptors (Lipinski definition) is 4. The van der Waals surface area contributed by atoms with Gasteiger partial charge in [-0.2, -0.15) is 10.4 Å². The van der Waals surface area contributed by atoms with Crippen LogP contribution in [0.4, 0.5) is 4.39 Å². The summed E-state index contributed by atoms with van der Waals surface area (Å²) in [6.07, 6.45) is 2.47. The van der Waals surface area contributed by atoms with E-state index in [-0.39, 0.29) is 22.6 Å². The standard InChI is InChI=1S/C16H9FN4O2/c17-13-4-2-1-3-11(13)12-5-6-15(20-14(12)7-18)21-9-10(8-19-21)16(22)23/h1-6,8-9H,(H,22,23). The number of aromatic nitrogens is 3. The van der Waals surface area contributed by atoms with Crippen LogP contribution >= 0.6 is 0 Å². The van der Waals surface area contributed by atoms with E-state index in [2.05, 4.69) is 10.1 Å². The molecule has 0 atom stereocenters. The molecular weight excluding hydrogens is 299 g/mol. The molecule has 2 heterocycles. The second-order valence-electron chi connectivity index (χ2n) is 4.64. The van der Waals surface area contributed by atoms with Crippen molar-refractivity contribution in [2.24, 2.45) is 0 Å². The summed E-state index contributed by atoms with van der Waals surface area (Å²) in [5, 5.41) is 22.1. The fraction of sp³-hybridized carbons (Fsp3) is 0. The van der Waals surface area contributed by atoms with E-state index < -0.39 is 11.8 Å². The van der Waals surface area contributed by atoms with Gasteiger partial charge in [0.05, 0.1) is 11.8 Å². The average Bonchev–Trinajstić information content (AvgIpc) is 3.05. The summed E-state index contributed by atoms with van der Waals surface area (Å²) in [7, 11) is 0. The van der Waals surface area contributed by atoms with Gasteiger partial charge in [0, 0.05) is 17.3 Å². The van der Waals surface area contributed by atoms with Gasteiger partial charge in [-0.25, -0.2) is 18.9 Å². The van der Waals surface area contributed by atoms with Gasteiger partial charge in [-0.1, -0.05) is 18.2 Å². The van der Waals surface area contributed by atoms with Crippen molar-refractivity contribution in [1.29, 1.82) is 5.26 Å². The van der Waals surface area contributed by atoms with Crippen molar-refractivity contribution < 1.29 is 14.3 Å². The van der Waals surface area contributed by atoms with E-state index in [1.807, 2.05) is 6.07 Å². The highest BCUT2D eigenvalue weighted by molar-refractivity contribution is 5.87. The van der Waals surface area contributed by atoms with E-state index in [1.165, 1.54) is 23.1 Å². The molecule has 0 saturated carbocycles. The quantitative estimate of drug-likeness (QED) is 0.803. The minimum Gasteiger partial charge on any atom is -0.478 e. The van der Waals surface area contributed by atoms with E-state index in [9.17, 15) is 14.4 Å². The third kappa shape index (κ3) is 2.65. The third-order valence-electron chi connectivity index (χ3n) is 3.21. The smallest absolute Gasteiger partial charge is 0.338 e. The highest BCUT2D eigenvalue weighted by Gasteiger charge is 2.13. The maximum absolute atomic E-state index is 13.9. The van der Waals surface area contributed by atoms with E-state index in [4.69, 9.17) is 5.11 Å². The maximum atomic E-state index is 13.9.